The predicted molar refractivity (Wildman–Crippen MR) is 160 cm³/mol. The Morgan fingerprint density at radius 2 is 1.43 bits per heavy atom. The number of piperidine rings is 1. The van der Waals surface area contributed by atoms with Gasteiger partial charge in [-0.15, -0.1) is 0 Å². The lowest BCUT2D eigenvalue weighted by molar-refractivity contribution is -0.146. The van der Waals surface area contributed by atoms with Gasteiger partial charge in [-0.05, 0) is 95.3 Å². The van der Waals surface area contributed by atoms with Crippen LogP contribution in [-0.2, 0) is 20.5 Å². The van der Waals surface area contributed by atoms with Crippen LogP contribution in [-0.4, -0.2) is 48.5 Å². The molecule has 4 rings (SSSR count). The number of nitrogens with zero attached hydrogens (tertiary/aromatic N) is 1. The summed E-state index contributed by atoms with van der Waals surface area (Å²) in [5, 5.41) is 12.3. The molecule has 0 radical (unpaired) electrons. The first-order valence-corrected chi connectivity index (χ1v) is 14.4. The number of hydrogen-bond donors (Lipinski definition) is 1. The Labute approximate surface area is 239 Å². The summed E-state index contributed by atoms with van der Waals surface area (Å²) in [6, 6.07) is 23.9. The van der Waals surface area contributed by atoms with Crippen molar-refractivity contribution in [2.75, 3.05) is 26.7 Å². The van der Waals surface area contributed by atoms with Gasteiger partial charge in [-0.3, -0.25) is 9.59 Å². The van der Waals surface area contributed by atoms with E-state index in [1.165, 1.54) is 18.2 Å². The smallest absolute Gasteiger partial charge is 0.315 e. The highest BCUT2D eigenvalue weighted by Gasteiger charge is 2.41. The Morgan fingerprint density at radius 3 is 1.95 bits per heavy atom. The average Bonchev–Trinajstić information content (AvgIpc) is 2.97. The van der Waals surface area contributed by atoms with Crippen LogP contribution in [0.1, 0.15) is 77.7 Å². The summed E-state index contributed by atoms with van der Waals surface area (Å²) < 4.78 is 4.94. The quantitative estimate of drug-likeness (QED) is 0.239. The molecule has 0 saturated carbocycles. The van der Waals surface area contributed by atoms with Gasteiger partial charge in [-0.1, -0.05) is 77.9 Å². The number of carbonyl (C=O) groups excluding carboxylic acids is 2. The second-order valence-electron chi connectivity index (χ2n) is 11.8. The second kappa shape index (κ2) is 12.5. The van der Waals surface area contributed by atoms with Gasteiger partial charge >= 0.3 is 5.97 Å². The number of benzene rings is 3. The number of ether oxygens (including phenoxy) is 1. The van der Waals surface area contributed by atoms with Crippen molar-refractivity contribution in [1.29, 1.82) is 0 Å². The zero-order valence-corrected chi connectivity index (χ0v) is 24.6. The maximum Gasteiger partial charge on any atom is 0.315 e. The van der Waals surface area contributed by atoms with Crippen molar-refractivity contribution in [3.8, 4) is 0 Å². The highest BCUT2D eigenvalue weighted by molar-refractivity contribution is 5.96. The topological polar surface area (TPSA) is 66.8 Å². The molecule has 1 aliphatic rings. The Kier molecular flexibility index (Phi) is 9.27. The number of Topliss-reactive ketones (excluding diaryl/α,β-unsaturated/α-hetero) is 1. The minimum Gasteiger partial charge on any atom is -0.468 e. The molecule has 1 saturated heterocycles. The van der Waals surface area contributed by atoms with E-state index >= 15 is 0 Å². The van der Waals surface area contributed by atoms with Crippen molar-refractivity contribution < 1.29 is 19.4 Å². The number of esters is 1. The number of carbonyl (C=O) groups is 2. The van der Waals surface area contributed by atoms with Gasteiger partial charge in [0.1, 0.15) is 5.60 Å². The third kappa shape index (κ3) is 6.37. The van der Waals surface area contributed by atoms with E-state index in [0.717, 1.165) is 55.6 Å². The van der Waals surface area contributed by atoms with Crippen molar-refractivity contribution >= 4 is 11.8 Å². The normalized spacial score (nSPS) is 15.2. The van der Waals surface area contributed by atoms with Crippen molar-refractivity contribution in [2.45, 2.75) is 64.4 Å². The summed E-state index contributed by atoms with van der Waals surface area (Å²) in [7, 11) is 1.38. The Bertz CT molecular complexity index is 1260. The van der Waals surface area contributed by atoms with E-state index in [9.17, 15) is 14.7 Å². The molecule has 212 valence electrons. The molecule has 1 fully saturated rings. The Hall–Kier alpha value is -3.28. The highest BCUT2D eigenvalue weighted by atomic mass is 16.5. The number of aryl methyl sites for hydroxylation is 2. The van der Waals surface area contributed by atoms with E-state index in [4.69, 9.17) is 4.74 Å². The van der Waals surface area contributed by atoms with Crippen LogP contribution < -0.4 is 0 Å². The van der Waals surface area contributed by atoms with Gasteiger partial charge < -0.3 is 14.7 Å². The van der Waals surface area contributed by atoms with Crippen LogP contribution in [0.5, 0.6) is 0 Å². The lowest BCUT2D eigenvalue weighted by Gasteiger charge is -2.42. The van der Waals surface area contributed by atoms with Crippen molar-refractivity contribution in [3.05, 3.63) is 106 Å². The molecule has 0 aromatic heterocycles. The molecule has 0 bridgehead atoms. The van der Waals surface area contributed by atoms with Crippen LogP contribution in [0, 0.1) is 19.8 Å². The fourth-order valence-corrected chi connectivity index (χ4v) is 5.89. The summed E-state index contributed by atoms with van der Waals surface area (Å²) in [5.41, 5.74) is 3.82. The maximum atomic E-state index is 13.0. The monoisotopic (exact) mass is 541 g/mol. The van der Waals surface area contributed by atoms with Crippen LogP contribution in [0.4, 0.5) is 0 Å². The zero-order chi connectivity index (χ0) is 28.9. The molecule has 0 unspecified atom stereocenters. The van der Waals surface area contributed by atoms with Crippen LogP contribution in [0.15, 0.2) is 72.8 Å². The third-order valence-electron chi connectivity index (χ3n) is 8.64. The highest BCUT2D eigenvalue weighted by Crippen LogP contribution is 2.42. The van der Waals surface area contributed by atoms with Crippen molar-refractivity contribution in [1.82, 2.24) is 4.90 Å². The summed E-state index contributed by atoms with van der Waals surface area (Å²) in [6.07, 6.45) is 3.00. The lowest BCUT2D eigenvalue weighted by Crippen LogP contribution is -2.44. The molecule has 5 nitrogen and oxygen atoms in total. The predicted octanol–water partition coefficient (Wildman–Crippen LogP) is 6.37. The molecule has 0 spiro atoms. The lowest BCUT2D eigenvalue weighted by atomic mass is 9.72. The first-order chi connectivity index (χ1) is 19.0. The minimum atomic E-state index is -1.04. The molecular weight excluding hydrogens is 498 g/mol. The van der Waals surface area contributed by atoms with Gasteiger partial charge in [0.2, 0.25) is 0 Å². The van der Waals surface area contributed by atoms with E-state index in [-0.39, 0.29) is 17.7 Å². The van der Waals surface area contributed by atoms with E-state index in [0.29, 0.717) is 12.0 Å². The summed E-state index contributed by atoms with van der Waals surface area (Å²) in [5.74, 6) is -0.126. The molecule has 1 heterocycles. The average molecular weight is 542 g/mol. The summed E-state index contributed by atoms with van der Waals surface area (Å²) in [6.45, 7) is 10.4. The first-order valence-electron chi connectivity index (χ1n) is 14.4. The molecular formula is C35H43NO4. The molecule has 1 N–H and O–H groups in total. The minimum absolute atomic E-state index is 0.0884. The van der Waals surface area contributed by atoms with E-state index in [1.807, 2.05) is 38.1 Å². The number of hydrogen-bond acceptors (Lipinski definition) is 5. The van der Waals surface area contributed by atoms with Crippen LogP contribution in [0.2, 0.25) is 0 Å². The standard InChI is InChI=1S/C35H43NO4/c1-25-11-15-28(16-12-25)35(39,29-17-13-26(2)14-18-29)30-19-22-36(23-20-30)21-7-10-32(37)27-8-6-9-31(24-27)34(3,4)33(38)40-5/h6,8-9,11-18,24,30,39H,7,10,19-23H2,1-5H3. The number of likely N-dealkylation sites (tertiary alicyclic amines) is 1. The number of methoxy groups -OCH3 is 1. The summed E-state index contributed by atoms with van der Waals surface area (Å²) >= 11 is 0. The SMILES string of the molecule is COC(=O)C(C)(C)c1cccc(C(=O)CCCN2CCC(C(O)(c3ccc(C)cc3)c3ccc(C)cc3)CC2)c1. The number of rotatable bonds is 10. The molecule has 3 aromatic rings. The largest absolute Gasteiger partial charge is 0.468 e. The van der Waals surface area contributed by atoms with Crippen LogP contribution in [0.3, 0.4) is 0 Å². The van der Waals surface area contributed by atoms with E-state index in [2.05, 4.69) is 67.3 Å². The molecule has 3 aromatic carbocycles. The van der Waals surface area contributed by atoms with E-state index in [1.54, 1.807) is 0 Å². The second-order valence-corrected chi connectivity index (χ2v) is 11.8. The summed E-state index contributed by atoms with van der Waals surface area (Å²) in [4.78, 5) is 27.6. The number of aliphatic hydroxyl groups is 1. The van der Waals surface area contributed by atoms with Gasteiger partial charge in [0.15, 0.2) is 5.78 Å². The Morgan fingerprint density at radius 1 is 0.875 bits per heavy atom. The molecule has 0 atom stereocenters. The van der Waals surface area contributed by atoms with Gasteiger partial charge in [0, 0.05) is 12.0 Å². The molecule has 40 heavy (non-hydrogen) atoms. The van der Waals surface area contributed by atoms with Gasteiger partial charge in [0.25, 0.3) is 0 Å². The Balaban J connectivity index is 1.36. The molecule has 0 aliphatic carbocycles. The van der Waals surface area contributed by atoms with Crippen molar-refractivity contribution in [2.24, 2.45) is 5.92 Å². The molecule has 0 amide bonds. The van der Waals surface area contributed by atoms with Crippen LogP contribution in [0.25, 0.3) is 0 Å². The van der Waals surface area contributed by atoms with E-state index < -0.39 is 11.0 Å². The zero-order valence-electron chi connectivity index (χ0n) is 24.6. The fourth-order valence-electron chi connectivity index (χ4n) is 5.89. The molecule has 5 heteroatoms. The third-order valence-corrected chi connectivity index (χ3v) is 8.64. The van der Waals surface area contributed by atoms with Gasteiger partial charge in [-0.25, -0.2) is 0 Å². The number of ketones is 1. The van der Waals surface area contributed by atoms with Gasteiger partial charge in [0.05, 0.1) is 12.5 Å². The maximum absolute atomic E-state index is 13.0. The van der Waals surface area contributed by atoms with Crippen LogP contribution >= 0.6 is 0 Å². The first kappa shape index (κ1) is 29.7. The van der Waals surface area contributed by atoms with Crippen molar-refractivity contribution in [3.63, 3.8) is 0 Å². The van der Waals surface area contributed by atoms with Gasteiger partial charge in [-0.2, -0.15) is 0 Å². The molecule has 1 aliphatic heterocycles. The fraction of sp³-hybridized carbons (Fsp3) is 0.429.